The molecule has 0 unspecified atom stereocenters. The minimum absolute atomic E-state index is 0.230. The van der Waals surface area contributed by atoms with Crippen LogP contribution in [-0.4, -0.2) is 19.1 Å². The fraction of sp³-hybridized carbons (Fsp3) is 0.286. The lowest BCUT2D eigenvalue weighted by molar-refractivity contribution is 0.102. The van der Waals surface area contributed by atoms with Crippen molar-refractivity contribution in [3.8, 4) is 11.5 Å². The average Bonchev–Trinajstić information content (AvgIpc) is 2.61. The summed E-state index contributed by atoms with van der Waals surface area (Å²) in [5.74, 6) is 1.56. The van der Waals surface area contributed by atoms with Crippen LogP contribution in [0, 0.1) is 5.92 Å². The molecule has 0 bridgehead atoms. The van der Waals surface area contributed by atoms with Gasteiger partial charge in [0.2, 0.25) is 0 Å². The van der Waals surface area contributed by atoms with Crippen molar-refractivity contribution in [2.75, 3.05) is 18.5 Å². The molecular formula is C21H24BrNO3. The van der Waals surface area contributed by atoms with E-state index in [0.717, 1.165) is 10.9 Å². The Labute approximate surface area is 163 Å². The van der Waals surface area contributed by atoms with Crippen LogP contribution in [0.5, 0.6) is 11.5 Å². The Bertz CT molecular complexity index is 759. The Hall–Kier alpha value is -2.27. The SMILES string of the molecule is C=CCOc1cccc(NC(=O)c2cc(Br)ccc2OCCC(C)C)c1. The fourth-order valence-electron chi connectivity index (χ4n) is 2.23. The summed E-state index contributed by atoms with van der Waals surface area (Å²) in [5.41, 5.74) is 1.14. The average molecular weight is 418 g/mol. The number of benzene rings is 2. The third-order valence-corrected chi connectivity index (χ3v) is 4.09. The van der Waals surface area contributed by atoms with Gasteiger partial charge in [0.1, 0.15) is 18.1 Å². The van der Waals surface area contributed by atoms with Crippen molar-refractivity contribution >= 4 is 27.5 Å². The molecule has 0 heterocycles. The monoisotopic (exact) mass is 417 g/mol. The molecule has 138 valence electrons. The summed E-state index contributed by atoms with van der Waals surface area (Å²) in [6.45, 7) is 8.89. The van der Waals surface area contributed by atoms with Crippen molar-refractivity contribution in [1.29, 1.82) is 0 Å². The van der Waals surface area contributed by atoms with Gasteiger partial charge in [0.15, 0.2) is 0 Å². The summed E-state index contributed by atoms with van der Waals surface area (Å²) in [4.78, 5) is 12.7. The summed E-state index contributed by atoms with van der Waals surface area (Å²) in [7, 11) is 0. The second-order valence-electron chi connectivity index (χ2n) is 6.25. The van der Waals surface area contributed by atoms with Gasteiger partial charge in [0.05, 0.1) is 12.2 Å². The van der Waals surface area contributed by atoms with Gasteiger partial charge >= 0.3 is 0 Å². The van der Waals surface area contributed by atoms with E-state index in [-0.39, 0.29) is 5.91 Å². The Balaban J connectivity index is 2.13. The van der Waals surface area contributed by atoms with Gasteiger partial charge in [0.25, 0.3) is 5.91 Å². The van der Waals surface area contributed by atoms with E-state index in [9.17, 15) is 4.79 Å². The topological polar surface area (TPSA) is 47.6 Å². The van der Waals surface area contributed by atoms with Gasteiger partial charge < -0.3 is 14.8 Å². The van der Waals surface area contributed by atoms with Gasteiger partial charge in [0, 0.05) is 16.2 Å². The van der Waals surface area contributed by atoms with Crippen LogP contribution in [0.15, 0.2) is 59.6 Å². The van der Waals surface area contributed by atoms with Gasteiger partial charge in [-0.25, -0.2) is 0 Å². The first-order chi connectivity index (χ1) is 12.5. The molecule has 0 aromatic heterocycles. The second kappa shape index (κ2) is 10.0. The highest BCUT2D eigenvalue weighted by Gasteiger charge is 2.14. The van der Waals surface area contributed by atoms with Gasteiger partial charge in [-0.2, -0.15) is 0 Å². The summed E-state index contributed by atoms with van der Waals surface area (Å²) >= 11 is 3.42. The van der Waals surface area contributed by atoms with Crippen LogP contribution in [-0.2, 0) is 0 Å². The fourth-order valence-corrected chi connectivity index (χ4v) is 2.59. The highest BCUT2D eigenvalue weighted by molar-refractivity contribution is 9.10. The molecule has 0 aliphatic heterocycles. The molecule has 0 spiro atoms. The summed E-state index contributed by atoms with van der Waals surface area (Å²) in [5, 5.41) is 2.90. The summed E-state index contributed by atoms with van der Waals surface area (Å²) in [6, 6.07) is 12.7. The molecule has 26 heavy (non-hydrogen) atoms. The Morgan fingerprint density at radius 3 is 2.77 bits per heavy atom. The maximum absolute atomic E-state index is 12.7. The minimum Gasteiger partial charge on any atom is -0.493 e. The first-order valence-electron chi connectivity index (χ1n) is 8.57. The van der Waals surface area contributed by atoms with E-state index in [4.69, 9.17) is 9.47 Å². The largest absolute Gasteiger partial charge is 0.493 e. The number of halogens is 1. The number of carbonyl (C=O) groups excluding carboxylic acids is 1. The van der Waals surface area contributed by atoms with Crippen molar-refractivity contribution in [1.82, 2.24) is 0 Å². The van der Waals surface area contributed by atoms with Crippen molar-refractivity contribution < 1.29 is 14.3 Å². The molecule has 1 N–H and O–H groups in total. The number of amides is 1. The van der Waals surface area contributed by atoms with Crippen molar-refractivity contribution in [3.05, 3.63) is 65.2 Å². The predicted octanol–water partition coefficient (Wildman–Crippen LogP) is 5.69. The lowest BCUT2D eigenvalue weighted by atomic mass is 10.1. The normalized spacial score (nSPS) is 10.5. The summed E-state index contributed by atoms with van der Waals surface area (Å²) in [6.07, 6.45) is 2.60. The van der Waals surface area contributed by atoms with Crippen molar-refractivity contribution in [2.24, 2.45) is 5.92 Å². The van der Waals surface area contributed by atoms with E-state index in [2.05, 4.69) is 41.7 Å². The predicted molar refractivity (Wildman–Crippen MR) is 109 cm³/mol. The standard InChI is InChI=1S/C21H24BrNO3/c1-4-11-25-18-7-5-6-17(14-18)23-21(24)19-13-16(22)8-9-20(19)26-12-10-15(2)3/h4-9,13-15H,1,10-12H2,2-3H3,(H,23,24). The van der Waals surface area contributed by atoms with Gasteiger partial charge in [-0.05, 0) is 42.7 Å². The maximum atomic E-state index is 12.7. The number of rotatable bonds is 9. The van der Waals surface area contributed by atoms with Gasteiger partial charge in [-0.3, -0.25) is 4.79 Å². The lowest BCUT2D eigenvalue weighted by Gasteiger charge is -2.13. The molecule has 0 aliphatic rings. The van der Waals surface area contributed by atoms with E-state index in [1.165, 1.54) is 0 Å². The van der Waals surface area contributed by atoms with Crippen LogP contribution >= 0.6 is 15.9 Å². The maximum Gasteiger partial charge on any atom is 0.259 e. The Morgan fingerprint density at radius 1 is 1.23 bits per heavy atom. The molecule has 0 atom stereocenters. The number of carbonyl (C=O) groups is 1. The molecule has 2 aromatic rings. The zero-order valence-electron chi connectivity index (χ0n) is 15.1. The first kappa shape index (κ1) is 20.0. The third-order valence-electron chi connectivity index (χ3n) is 3.60. The smallest absolute Gasteiger partial charge is 0.259 e. The molecule has 5 heteroatoms. The first-order valence-corrected chi connectivity index (χ1v) is 9.36. The molecule has 2 aromatic carbocycles. The Kier molecular flexibility index (Phi) is 7.73. The second-order valence-corrected chi connectivity index (χ2v) is 7.17. The number of hydrogen-bond acceptors (Lipinski definition) is 3. The number of ether oxygens (including phenoxy) is 2. The number of nitrogens with one attached hydrogen (secondary N) is 1. The molecule has 2 rings (SSSR count). The van der Waals surface area contributed by atoms with Gasteiger partial charge in [-0.1, -0.05) is 48.5 Å². The van der Waals surface area contributed by atoms with Crippen LogP contribution < -0.4 is 14.8 Å². The molecule has 0 saturated heterocycles. The molecule has 0 radical (unpaired) electrons. The van der Waals surface area contributed by atoms with Gasteiger partial charge in [-0.15, -0.1) is 0 Å². The van der Waals surface area contributed by atoms with E-state index in [1.54, 1.807) is 18.2 Å². The summed E-state index contributed by atoms with van der Waals surface area (Å²) < 4.78 is 12.1. The molecular weight excluding hydrogens is 394 g/mol. The molecule has 0 saturated carbocycles. The Morgan fingerprint density at radius 2 is 2.04 bits per heavy atom. The lowest BCUT2D eigenvalue weighted by Crippen LogP contribution is -2.14. The van der Waals surface area contributed by atoms with E-state index in [1.807, 2.05) is 30.3 Å². The zero-order valence-corrected chi connectivity index (χ0v) is 16.7. The molecule has 1 amide bonds. The molecule has 4 nitrogen and oxygen atoms in total. The zero-order chi connectivity index (χ0) is 18.9. The molecule has 0 fully saturated rings. The van der Waals surface area contributed by atoms with Crippen molar-refractivity contribution in [2.45, 2.75) is 20.3 Å². The quantitative estimate of drug-likeness (QED) is 0.532. The number of anilines is 1. The molecule has 0 aliphatic carbocycles. The van der Waals surface area contributed by atoms with Crippen LogP contribution in [0.1, 0.15) is 30.6 Å². The van der Waals surface area contributed by atoms with Crippen LogP contribution in [0.4, 0.5) is 5.69 Å². The van der Waals surface area contributed by atoms with E-state index in [0.29, 0.717) is 41.9 Å². The number of hydrogen-bond donors (Lipinski definition) is 1. The highest BCUT2D eigenvalue weighted by Crippen LogP contribution is 2.26. The highest BCUT2D eigenvalue weighted by atomic mass is 79.9. The van der Waals surface area contributed by atoms with Crippen molar-refractivity contribution in [3.63, 3.8) is 0 Å². The van der Waals surface area contributed by atoms with Crippen LogP contribution in [0.3, 0.4) is 0 Å². The minimum atomic E-state index is -0.230. The van der Waals surface area contributed by atoms with E-state index < -0.39 is 0 Å². The van der Waals surface area contributed by atoms with Crippen LogP contribution in [0.2, 0.25) is 0 Å². The van der Waals surface area contributed by atoms with Crippen LogP contribution in [0.25, 0.3) is 0 Å². The van der Waals surface area contributed by atoms with E-state index >= 15 is 0 Å². The third kappa shape index (κ3) is 6.23.